The first-order valence-corrected chi connectivity index (χ1v) is 5.23. The second kappa shape index (κ2) is 3.78. The van der Waals surface area contributed by atoms with Gasteiger partial charge in [0.2, 0.25) is 0 Å². The standard InChI is InChI=1S/C11H22O/c1-6-11-9(4)7(2)8(3)10(5)12-11/h7-11H,6H2,1-5H3/t7-,8+,9-,10+,11+/m0/s1. The van der Waals surface area contributed by atoms with Gasteiger partial charge in [0.1, 0.15) is 0 Å². The van der Waals surface area contributed by atoms with Crippen LogP contribution in [-0.2, 0) is 4.74 Å². The van der Waals surface area contributed by atoms with Crippen LogP contribution >= 0.6 is 0 Å². The lowest BCUT2D eigenvalue weighted by atomic mass is 9.76. The predicted octanol–water partition coefficient (Wildman–Crippen LogP) is 3.09. The molecule has 0 aliphatic carbocycles. The first kappa shape index (κ1) is 10.0. The van der Waals surface area contributed by atoms with E-state index in [1.807, 2.05) is 0 Å². The number of hydrogen-bond donors (Lipinski definition) is 0. The summed E-state index contributed by atoms with van der Waals surface area (Å²) in [5.41, 5.74) is 0. The highest BCUT2D eigenvalue weighted by atomic mass is 16.5. The van der Waals surface area contributed by atoms with Crippen molar-refractivity contribution in [3.05, 3.63) is 0 Å². The van der Waals surface area contributed by atoms with Crippen molar-refractivity contribution in [3.8, 4) is 0 Å². The van der Waals surface area contributed by atoms with Gasteiger partial charge in [-0.2, -0.15) is 0 Å². The molecule has 0 radical (unpaired) electrons. The first-order chi connectivity index (χ1) is 5.57. The van der Waals surface area contributed by atoms with E-state index in [1.165, 1.54) is 0 Å². The molecule has 5 atom stereocenters. The molecule has 1 fully saturated rings. The molecule has 0 saturated carbocycles. The van der Waals surface area contributed by atoms with E-state index in [0.29, 0.717) is 18.1 Å². The van der Waals surface area contributed by atoms with Crippen LogP contribution in [0.25, 0.3) is 0 Å². The Morgan fingerprint density at radius 1 is 0.917 bits per heavy atom. The van der Waals surface area contributed by atoms with E-state index in [2.05, 4.69) is 34.6 Å². The van der Waals surface area contributed by atoms with Crippen LogP contribution in [0.3, 0.4) is 0 Å². The highest BCUT2D eigenvalue weighted by Crippen LogP contribution is 2.35. The molecular weight excluding hydrogens is 148 g/mol. The zero-order valence-electron chi connectivity index (χ0n) is 9.00. The van der Waals surface area contributed by atoms with E-state index in [4.69, 9.17) is 4.74 Å². The molecule has 0 N–H and O–H groups in total. The molecule has 0 bridgehead atoms. The molecule has 1 saturated heterocycles. The summed E-state index contributed by atoms with van der Waals surface area (Å²) >= 11 is 0. The summed E-state index contributed by atoms with van der Waals surface area (Å²) in [7, 11) is 0. The lowest BCUT2D eigenvalue weighted by Crippen LogP contribution is -2.42. The van der Waals surface area contributed by atoms with Crippen molar-refractivity contribution in [2.24, 2.45) is 17.8 Å². The Morgan fingerprint density at radius 2 is 1.50 bits per heavy atom. The molecule has 12 heavy (non-hydrogen) atoms. The molecule has 1 heteroatoms. The third-order valence-electron chi connectivity index (χ3n) is 3.78. The van der Waals surface area contributed by atoms with Crippen LogP contribution in [0, 0.1) is 17.8 Å². The summed E-state index contributed by atoms with van der Waals surface area (Å²) in [6, 6.07) is 0. The lowest BCUT2D eigenvalue weighted by molar-refractivity contribution is -0.125. The molecule has 72 valence electrons. The fraction of sp³-hybridized carbons (Fsp3) is 1.00. The third-order valence-corrected chi connectivity index (χ3v) is 3.78. The molecule has 1 nitrogen and oxygen atoms in total. The summed E-state index contributed by atoms with van der Waals surface area (Å²) < 4.78 is 5.93. The van der Waals surface area contributed by atoms with Crippen molar-refractivity contribution >= 4 is 0 Å². The van der Waals surface area contributed by atoms with E-state index in [9.17, 15) is 0 Å². The third kappa shape index (κ3) is 1.66. The van der Waals surface area contributed by atoms with Gasteiger partial charge in [-0.05, 0) is 31.1 Å². The molecule has 0 unspecified atom stereocenters. The molecule has 0 aromatic heterocycles. The molecular formula is C11H22O. The summed E-state index contributed by atoms with van der Waals surface area (Å²) in [5, 5.41) is 0. The lowest BCUT2D eigenvalue weighted by Gasteiger charge is -2.42. The minimum Gasteiger partial charge on any atom is -0.375 e. The maximum atomic E-state index is 5.93. The van der Waals surface area contributed by atoms with Crippen LogP contribution < -0.4 is 0 Å². The van der Waals surface area contributed by atoms with Gasteiger partial charge < -0.3 is 4.74 Å². The van der Waals surface area contributed by atoms with E-state index in [-0.39, 0.29) is 0 Å². The second-order valence-electron chi connectivity index (χ2n) is 4.37. The number of hydrogen-bond acceptors (Lipinski definition) is 1. The summed E-state index contributed by atoms with van der Waals surface area (Å²) in [4.78, 5) is 0. The van der Waals surface area contributed by atoms with Crippen molar-refractivity contribution in [1.29, 1.82) is 0 Å². The van der Waals surface area contributed by atoms with Crippen LogP contribution in [0.1, 0.15) is 41.0 Å². The fourth-order valence-electron chi connectivity index (χ4n) is 2.24. The monoisotopic (exact) mass is 170 g/mol. The van der Waals surface area contributed by atoms with Crippen LogP contribution in [0.15, 0.2) is 0 Å². The molecule has 0 aromatic carbocycles. The van der Waals surface area contributed by atoms with Crippen LogP contribution in [0.5, 0.6) is 0 Å². The van der Waals surface area contributed by atoms with Gasteiger partial charge in [-0.3, -0.25) is 0 Å². The Hall–Kier alpha value is -0.0400. The Balaban J connectivity index is 2.63. The van der Waals surface area contributed by atoms with Gasteiger partial charge in [0.25, 0.3) is 0 Å². The van der Waals surface area contributed by atoms with E-state index in [0.717, 1.165) is 18.3 Å². The minimum atomic E-state index is 0.446. The van der Waals surface area contributed by atoms with Gasteiger partial charge in [0.05, 0.1) is 12.2 Å². The number of ether oxygens (including phenoxy) is 1. The summed E-state index contributed by atoms with van der Waals surface area (Å²) in [6.45, 7) is 11.4. The maximum Gasteiger partial charge on any atom is 0.0604 e. The van der Waals surface area contributed by atoms with E-state index < -0.39 is 0 Å². The second-order valence-corrected chi connectivity index (χ2v) is 4.37. The molecule has 0 spiro atoms. The highest BCUT2D eigenvalue weighted by Gasteiger charge is 2.35. The van der Waals surface area contributed by atoms with Gasteiger partial charge in [-0.25, -0.2) is 0 Å². The average Bonchev–Trinajstić information content (AvgIpc) is 2.08. The van der Waals surface area contributed by atoms with Crippen molar-refractivity contribution in [2.45, 2.75) is 53.2 Å². The number of rotatable bonds is 1. The zero-order valence-corrected chi connectivity index (χ0v) is 9.00. The quantitative estimate of drug-likeness (QED) is 0.587. The van der Waals surface area contributed by atoms with Gasteiger partial charge in [0, 0.05) is 0 Å². The van der Waals surface area contributed by atoms with E-state index in [1.54, 1.807) is 0 Å². The molecule has 0 amide bonds. The van der Waals surface area contributed by atoms with Gasteiger partial charge >= 0.3 is 0 Å². The van der Waals surface area contributed by atoms with Crippen molar-refractivity contribution < 1.29 is 4.74 Å². The minimum absolute atomic E-state index is 0.446. The Bertz CT molecular complexity index is 139. The van der Waals surface area contributed by atoms with Gasteiger partial charge in [-0.1, -0.05) is 27.7 Å². The van der Waals surface area contributed by atoms with Gasteiger partial charge in [-0.15, -0.1) is 0 Å². The summed E-state index contributed by atoms with van der Waals surface area (Å²) in [5.74, 6) is 2.24. The Kier molecular flexibility index (Phi) is 3.16. The largest absolute Gasteiger partial charge is 0.375 e. The maximum absolute atomic E-state index is 5.93. The molecule has 1 aliphatic heterocycles. The normalized spacial score (nSPS) is 49.2. The zero-order chi connectivity index (χ0) is 9.30. The molecule has 1 rings (SSSR count). The fourth-order valence-corrected chi connectivity index (χ4v) is 2.24. The first-order valence-electron chi connectivity index (χ1n) is 5.23. The van der Waals surface area contributed by atoms with Crippen molar-refractivity contribution in [2.75, 3.05) is 0 Å². The summed E-state index contributed by atoms with van der Waals surface area (Å²) in [6.07, 6.45) is 2.09. The van der Waals surface area contributed by atoms with E-state index >= 15 is 0 Å². The van der Waals surface area contributed by atoms with Crippen molar-refractivity contribution in [1.82, 2.24) is 0 Å². The molecule has 1 aliphatic rings. The van der Waals surface area contributed by atoms with Crippen LogP contribution in [-0.4, -0.2) is 12.2 Å². The average molecular weight is 170 g/mol. The van der Waals surface area contributed by atoms with Gasteiger partial charge in [0.15, 0.2) is 0 Å². The topological polar surface area (TPSA) is 9.23 Å². The Morgan fingerprint density at radius 3 is 2.00 bits per heavy atom. The molecule has 0 aromatic rings. The van der Waals surface area contributed by atoms with Crippen LogP contribution in [0.2, 0.25) is 0 Å². The predicted molar refractivity (Wildman–Crippen MR) is 52.1 cm³/mol. The highest BCUT2D eigenvalue weighted by molar-refractivity contribution is 4.83. The van der Waals surface area contributed by atoms with Crippen LogP contribution in [0.4, 0.5) is 0 Å². The Labute approximate surface area is 76.5 Å². The molecule has 1 heterocycles. The smallest absolute Gasteiger partial charge is 0.0604 e. The van der Waals surface area contributed by atoms with Crippen molar-refractivity contribution in [3.63, 3.8) is 0 Å². The SMILES string of the molecule is CC[C@H]1O[C@H](C)[C@H](C)[C@H](C)[C@@H]1C.